The lowest BCUT2D eigenvalue weighted by Gasteiger charge is -2.22. The highest BCUT2D eigenvalue weighted by Crippen LogP contribution is 2.32. The van der Waals surface area contributed by atoms with Crippen LogP contribution in [0.3, 0.4) is 0 Å². The second-order valence-corrected chi connectivity index (χ2v) is 4.47. The van der Waals surface area contributed by atoms with E-state index in [9.17, 15) is 4.79 Å². The summed E-state index contributed by atoms with van der Waals surface area (Å²) in [5.74, 6) is 0.138. The van der Waals surface area contributed by atoms with Crippen LogP contribution in [0.5, 0.6) is 0 Å². The Morgan fingerprint density at radius 2 is 2.19 bits per heavy atom. The number of hydrogen-bond donors (Lipinski definition) is 1. The SMILES string of the molecule is CCn1nc(C(N)=O)cc1C1CCCCC1. The summed E-state index contributed by atoms with van der Waals surface area (Å²) in [6.45, 7) is 2.85. The van der Waals surface area contributed by atoms with E-state index in [1.54, 1.807) is 0 Å². The third kappa shape index (κ3) is 2.10. The number of aromatic nitrogens is 2. The van der Waals surface area contributed by atoms with Crippen LogP contribution in [0.2, 0.25) is 0 Å². The Kier molecular flexibility index (Phi) is 3.27. The molecule has 1 saturated carbocycles. The fraction of sp³-hybridized carbons (Fsp3) is 0.667. The molecule has 2 N–H and O–H groups in total. The van der Waals surface area contributed by atoms with E-state index in [0.717, 1.165) is 6.54 Å². The molecule has 1 aliphatic rings. The number of aryl methyl sites for hydroxylation is 1. The zero-order valence-corrected chi connectivity index (χ0v) is 9.78. The van der Waals surface area contributed by atoms with E-state index in [0.29, 0.717) is 11.6 Å². The molecule has 0 aliphatic heterocycles. The van der Waals surface area contributed by atoms with Gasteiger partial charge in [0.25, 0.3) is 5.91 Å². The molecular formula is C12H19N3O. The number of carbonyl (C=O) groups is 1. The Labute approximate surface area is 95.8 Å². The van der Waals surface area contributed by atoms with Crippen molar-refractivity contribution >= 4 is 5.91 Å². The van der Waals surface area contributed by atoms with Gasteiger partial charge in [-0.2, -0.15) is 5.10 Å². The smallest absolute Gasteiger partial charge is 0.269 e. The molecule has 2 rings (SSSR count). The first-order valence-electron chi connectivity index (χ1n) is 6.10. The van der Waals surface area contributed by atoms with Crippen LogP contribution in [0, 0.1) is 0 Å². The van der Waals surface area contributed by atoms with Crippen LogP contribution in [0.1, 0.15) is 61.1 Å². The summed E-state index contributed by atoms with van der Waals surface area (Å²) >= 11 is 0. The van der Waals surface area contributed by atoms with Crippen LogP contribution >= 0.6 is 0 Å². The van der Waals surface area contributed by atoms with Crippen LogP contribution < -0.4 is 5.73 Å². The molecule has 4 heteroatoms. The lowest BCUT2D eigenvalue weighted by atomic mass is 9.87. The van der Waals surface area contributed by atoms with Crippen molar-refractivity contribution < 1.29 is 4.79 Å². The molecule has 0 bridgehead atoms. The molecule has 4 nitrogen and oxygen atoms in total. The van der Waals surface area contributed by atoms with Crippen LogP contribution in [0.25, 0.3) is 0 Å². The second kappa shape index (κ2) is 4.68. The van der Waals surface area contributed by atoms with E-state index in [2.05, 4.69) is 5.10 Å². The largest absolute Gasteiger partial charge is 0.364 e. The van der Waals surface area contributed by atoms with Crippen molar-refractivity contribution in [1.82, 2.24) is 9.78 Å². The minimum Gasteiger partial charge on any atom is -0.364 e. The molecule has 0 aromatic carbocycles. The van der Waals surface area contributed by atoms with Crippen molar-refractivity contribution in [3.8, 4) is 0 Å². The first-order valence-corrected chi connectivity index (χ1v) is 6.10. The lowest BCUT2D eigenvalue weighted by Crippen LogP contribution is -2.13. The maximum Gasteiger partial charge on any atom is 0.269 e. The molecule has 16 heavy (non-hydrogen) atoms. The summed E-state index contributed by atoms with van der Waals surface area (Å²) in [7, 11) is 0. The topological polar surface area (TPSA) is 60.9 Å². The molecule has 0 unspecified atom stereocenters. The minimum absolute atomic E-state index is 0.405. The van der Waals surface area contributed by atoms with Gasteiger partial charge >= 0.3 is 0 Å². The number of rotatable bonds is 3. The van der Waals surface area contributed by atoms with Crippen LogP contribution in [0.15, 0.2) is 6.07 Å². The van der Waals surface area contributed by atoms with Crippen LogP contribution in [-0.2, 0) is 6.54 Å². The van der Waals surface area contributed by atoms with E-state index in [-0.39, 0.29) is 0 Å². The number of nitrogens with two attached hydrogens (primary N) is 1. The molecule has 1 aromatic heterocycles. The molecule has 0 radical (unpaired) electrons. The summed E-state index contributed by atoms with van der Waals surface area (Å²) < 4.78 is 1.93. The van der Waals surface area contributed by atoms with Gasteiger partial charge in [-0.3, -0.25) is 9.48 Å². The first-order chi connectivity index (χ1) is 7.72. The Morgan fingerprint density at radius 3 is 2.75 bits per heavy atom. The number of primary amides is 1. The summed E-state index contributed by atoms with van der Waals surface area (Å²) in [4.78, 5) is 11.1. The Balaban J connectivity index is 2.26. The van der Waals surface area contributed by atoms with E-state index < -0.39 is 5.91 Å². The van der Waals surface area contributed by atoms with Crippen molar-refractivity contribution in [3.05, 3.63) is 17.5 Å². The fourth-order valence-corrected chi connectivity index (χ4v) is 2.53. The van der Waals surface area contributed by atoms with Gasteiger partial charge in [-0.05, 0) is 25.8 Å². The Bertz CT molecular complexity index is 378. The Morgan fingerprint density at radius 1 is 1.50 bits per heavy atom. The van der Waals surface area contributed by atoms with Gasteiger partial charge in [0, 0.05) is 18.2 Å². The number of amides is 1. The predicted molar refractivity (Wildman–Crippen MR) is 62.2 cm³/mol. The molecule has 1 aromatic rings. The molecular weight excluding hydrogens is 202 g/mol. The van der Waals surface area contributed by atoms with Gasteiger partial charge in [0.1, 0.15) is 5.69 Å². The van der Waals surface area contributed by atoms with Gasteiger partial charge in [-0.25, -0.2) is 0 Å². The average molecular weight is 221 g/mol. The summed E-state index contributed by atoms with van der Waals surface area (Å²) in [5, 5.41) is 4.25. The molecule has 88 valence electrons. The molecule has 0 spiro atoms. The third-order valence-corrected chi connectivity index (χ3v) is 3.39. The molecule has 1 aliphatic carbocycles. The van der Waals surface area contributed by atoms with Crippen molar-refractivity contribution in [3.63, 3.8) is 0 Å². The highest BCUT2D eigenvalue weighted by atomic mass is 16.1. The molecule has 1 fully saturated rings. The van der Waals surface area contributed by atoms with E-state index >= 15 is 0 Å². The maximum absolute atomic E-state index is 11.1. The highest BCUT2D eigenvalue weighted by Gasteiger charge is 2.21. The molecule has 1 heterocycles. The van der Waals surface area contributed by atoms with Crippen molar-refractivity contribution in [2.75, 3.05) is 0 Å². The number of hydrogen-bond acceptors (Lipinski definition) is 2. The average Bonchev–Trinajstić information content (AvgIpc) is 2.74. The summed E-state index contributed by atoms with van der Waals surface area (Å²) in [6, 6.07) is 1.88. The van der Waals surface area contributed by atoms with Crippen molar-refractivity contribution in [1.29, 1.82) is 0 Å². The molecule has 1 amide bonds. The molecule has 0 atom stereocenters. The quantitative estimate of drug-likeness (QED) is 0.849. The normalized spacial score (nSPS) is 17.6. The first kappa shape index (κ1) is 11.2. The zero-order chi connectivity index (χ0) is 11.5. The minimum atomic E-state index is -0.427. The monoisotopic (exact) mass is 221 g/mol. The van der Waals surface area contributed by atoms with Gasteiger partial charge in [0.15, 0.2) is 0 Å². The fourth-order valence-electron chi connectivity index (χ4n) is 2.53. The van der Waals surface area contributed by atoms with Gasteiger partial charge < -0.3 is 5.73 Å². The van der Waals surface area contributed by atoms with Gasteiger partial charge in [0.2, 0.25) is 0 Å². The zero-order valence-electron chi connectivity index (χ0n) is 9.78. The number of carbonyl (C=O) groups excluding carboxylic acids is 1. The standard InChI is InChI=1S/C12H19N3O/c1-2-15-11(8-10(14-15)12(13)16)9-6-4-3-5-7-9/h8-9H,2-7H2,1H3,(H2,13,16). The summed E-state index contributed by atoms with van der Waals surface area (Å²) in [5.41, 5.74) is 6.86. The van der Waals surface area contributed by atoms with Gasteiger partial charge in [0.05, 0.1) is 0 Å². The second-order valence-electron chi connectivity index (χ2n) is 4.47. The predicted octanol–water partition coefficient (Wildman–Crippen LogP) is 2.05. The van der Waals surface area contributed by atoms with Crippen molar-refractivity contribution in [2.24, 2.45) is 5.73 Å². The van der Waals surface area contributed by atoms with Crippen molar-refractivity contribution in [2.45, 2.75) is 51.5 Å². The van der Waals surface area contributed by atoms with Gasteiger partial charge in [-0.15, -0.1) is 0 Å². The number of nitrogens with zero attached hydrogens (tertiary/aromatic N) is 2. The lowest BCUT2D eigenvalue weighted by molar-refractivity contribution is 0.0995. The van der Waals surface area contributed by atoms with E-state index in [1.165, 1.54) is 37.8 Å². The van der Waals surface area contributed by atoms with Crippen LogP contribution in [-0.4, -0.2) is 15.7 Å². The summed E-state index contributed by atoms with van der Waals surface area (Å²) in [6.07, 6.45) is 6.32. The third-order valence-electron chi connectivity index (χ3n) is 3.39. The van der Waals surface area contributed by atoms with E-state index in [4.69, 9.17) is 5.73 Å². The van der Waals surface area contributed by atoms with Crippen LogP contribution in [0.4, 0.5) is 0 Å². The highest BCUT2D eigenvalue weighted by molar-refractivity contribution is 5.90. The van der Waals surface area contributed by atoms with Gasteiger partial charge in [-0.1, -0.05) is 19.3 Å². The maximum atomic E-state index is 11.1. The Hall–Kier alpha value is -1.32. The van der Waals surface area contributed by atoms with E-state index in [1.807, 2.05) is 17.7 Å². The molecule has 0 saturated heterocycles.